The standard InChI is InChI=1S/C17H17NO3/c1-18(12-7-4-8-12)16(19)13-9-2-5-11-6-3-10-14(15(11)13)17(20)21/h2-3,5-6,9-10,12H,4,7-8H2,1H3,(H,20,21). The van der Waals surface area contributed by atoms with Gasteiger partial charge in [0.1, 0.15) is 0 Å². The van der Waals surface area contributed by atoms with Crippen LogP contribution in [0.25, 0.3) is 10.8 Å². The molecular formula is C17H17NO3. The van der Waals surface area contributed by atoms with Crippen molar-refractivity contribution in [3.63, 3.8) is 0 Å². The van der Waals surface area contributed by atoms with Crippen LogP contribution in [0.15, 0.2) is 36.4 Å². The molecule has 1 fully saturated rings. The first kappa shape index (κ1) is 13.6. The second-order valence-corrected chi connectivity index (χ2v) is 5.52. The summed E-state index contributed by atoms with van der Waals surface area (Å²) >= 11 is 0. The van der Waals surface area contributed by atoms with Crippen molar-refractivity contribution in [2.45, 2.75) is 25.3 Å². The highest BCUT2D eigenvalue weighted by atomic mass is 16.4. The molecule has 4 heteroatoms. The Bertz CT molecular complexity index is 714. The summed E-state index contributed by atoms with van der Waals surface area (Å²) in [7, 11) is 1.80. The predicted octanol–water partition coefficient (Wildman–Crippen LogP) is 3.16. The zero-order valence-electron chi connectivity index (χ0n) is 11.9. The lowest BCUT2D eigenvalue weighted by atomic mass is 9.90. The van der Waals surface area contributed by atoms with Crippen molar-refractivity contribution in [1.29, 1.82) is 0 Å². The number of hydrogen-bond acceptors (Lipinski definition) is 2. The Morgan fingerprint density at radius 3 is 2.24 bits per heavy atom. The summed E-state index contributed by atoms with van der Waals surface area (Å²) in [6.07, 6.45) is 3.20. The minimum absolute atomic E-state index is 0.0981. The quantitative estimate of drug-likeness (QED) is 0.941. The Morgan fingerprint density at radius 2 is 1.71 bits per heavy atom. The number of hydrogen-bond donors (Lipinski definition) is 1. The third-order valence-corrected chi connectivity index (χ3v) is 4.31. The van der Waals surface area contributed by atoms with E-state index in [-0.39, 0.29) is 17.5 Å². The number of carbonyl (C=O) groups excluding carboxylic acids is 1. The molecule has 2 aromatic rings. The number of fused-ring (bicyclic) bond motifs is 1. The molecule has 0 spiro atoms. The number of benzene rings is 2. The van der Waals surface area contributed by atoms with Gasteiger partial charge in [-0.2, -0.15) is 0 Å². The molecule has 0 aliphatic heterocycles. The number of aromatic carboxylic acids is 1. The molecule has 1 amide bonds. The fourth-order valence-electron chi connectivity index (χ4n) is 2.83. The number of carboxylic acid groups (broad SMARTS) is 1. The van der Waals surface area contributed by atoms with Gasteiger partial charge in [-0.25, -0.2) is 4.79 Å². The second kappa shape index (κ2) is 5.20. The van der Waals surface area contributed by atoms with Crippen LogP contribution in [-0.2, 0) is 0 Å². The van der Waals surface area contributed by atoms with Crippen LogP contribution in [0.2, 0.25) is 0 Å². The van der Waals surface area contributed by atoms with Gasteiger partial charge in [0.2, 0.25) is 0 Å². The Hall–Kier alpha value is -2.36. The highest BCUT2D eigenvalue weighted by molar-refractivity contribution is 6.14. The average Bonchev–Trinajstić information content (AvgIpc) is 2.43. The van der Waals surface area contributed by atoms with Crippen LogP contribution in [0.1, 0.15) is 40.0 Å². The van der Waals surface area contributed by atoms with E-state index in [0.29, 0.717) is 10.9 Å². The molecule has 1 aliphatic carbocycles. The maximum atomic E-state index is 12.7. The van der Waals surface area contributed by atoms with Gasteiger partial charge in [-0.1, -0.05) is 24.3 Å². The Labute approximate surface area is 123 Å². The van der Waals surface area contributed by atoms with Crippen LogP contribution in [0.4, 0.5) is 0 Å². The van der Waals surface area contributed by atoms with E-state index in [2.05, 4.69) is 0 Å². The molecule has 0 bridgehead atoms. The molecule has 1 aliphatic rings. The van der Waals surface area contributed by atoms with Crippen LogP contribution in [0.3, 0.4) is 0 Å². The van der Waals surface area contributed by atoms with Gasteiger partial charge in [0.25, 0.3) is 5.91 Å². The molecule has 0 aromatic heterocycles. The zero-order valence-corrected chi connectivity index (χ0v) is 11.9. The number of amides is 1. The van der Waals surface area contributed by atoms with E-state index in [0.717, 1.165) is 24.6 Å². The van der Waals surface area contributed by atoms with E-state index >= 15 is 0 Å². The summed E-state index contributed by atoms with van der Waals surface area (Å²) in [5, 5.41) is 10.7. The van der Waals surface area contributed by atoms with Crippen LogP contribution in [-0.4, -0.2) is 35.0 Å². The monoisotopic (exact) mass is 283 g/mol. The van der Waals surface area contributed by atoms with E-state index in [4.69, 9.17) is 0 Å². The van der Waals surface area contributed by atoms with Crippen molar-refractivity contribution in [3.8, 4) is 0 Å². The summed E-state index contributed by atoms with van der Waals surface area (Å²) in [6.45, 7) is 0. The first-order valence-corrected chi connectivity index (χ1v) is 7.12. The van der Waals surface area contributed by atoms with Gasteiger partial charge in [0.05, 0.1) is 5.56 Å². The van der Waals surface area contributed by atoms with Crippen molar-refractivity contribution < 1.29 is 14.7 Å². The molecule has 0 unspecified atom stereocenters. The van der Waals surface area contributed by atoms with Crippen molar-refractivity contribution in [2.75, 3.05) is 7.05 Å². The van der Waals surface area contributed by atoms with Crippen molar-refractivity contribution >= 4 is 22.6 Å². The average molecular weight is 283 g/mol. The summed E-state index contributed by atoms with van der Waals surface area (Å²) in [4.78, 5) is 25.9. The fraction of sp³-hybridized carbons (Fsp3) is 0.294. The van der Waals surface area contributed by atoms with Crippen molar-refractivity contribution in [3.05, 3.63) is 47.5 Å². The lowest BCUT2D eigenvalue weighted by molar-refractivity contribution is 0.0654. The predicted molar refractivity (Wildman–Crippen MR) is 80.6 cm³/mol. The largest absolute Gasteiger partial charge is 0.478 e. The number of carboxylic acids is 1. The second-order valence-electron chi connectivity index (χ2n) is 5.52. The van der Waals surface area contributed by atoms with E-state index in [1.54, 1.807) is 36.2 Å². The van der Waals surface area contributed by atoms with Crippen molar-refractivity contribution in [1.82, 2.24) is 4.90 Å². The molecule has 1 saturated carbocycles. The van der Waals surface area contributed by atoms with Gasteiger partial charge in [-0.05, 0) is 36.8 Å². The summed E-state index contributed by atoms with van der Waals surface area (Å²) in [5.41, 5.74) is 0.651. The molecule has 4 nitrogen and oxygen atoms in total. The molecule has 2 aromatic carbocycles. The molecule has 0 atom stereocenters. The van der Waals surface area contributed by atoms with E-state index < -0.39 is 5.97 Å². The molecule has 1 N–H and O–H groups in total. The summed E-state index contributed by atoms with van der Waals surface area (Å²) < 4.78 is 0. The Kier molecular flexibility index (Phi) is 3.37. The first-order valence-electron chi connectivity index (χ1n) is 7.12. The molecule has 0 heterocycles. The van der Waals surface area contributed by atoms with Gasteiger partial charge in [0.15, 0.2) is 0 Å². The molecule has 21 heavy (non-hydrogen) atoms. The summed E-state index contributed by atoms with van der Waals surface area (Å²) in [6, 6.07) is 10.7. The molecule has 0 radical (unpaired) electrons. The third kappa shape index (κ3) is 2.27. The normalized spacial score (nSPS) is 14.7. The van der Waals surface area contributed by atoms with Gasteiger partial charge in [-0.15, -0.1) is 0 Å². The number of rotatable bonds is 3. The van der Waals surface area contributed by atoms with E-state index in [9.17, 15) is 14.7 Å². The number of nitrogens with zero attached hydrogens (tertiary/aromatic N) is 1. The van der Waals surface area contributed by atoms with Gasteiger partial charge >= 0.3 is 5.97 Å². The highest BCUT2D eigenvalue weighted by Gasteiger charge is 2.27. The van der Waals surface area contributed by atoms with Gasteiger partial charge in [0, 0.05) is 24.0 Å². The van der Waals surface area contributed by atoms with Gasteiger partial charge in [-0.3, -0.25) is 4.79 Å². The Balaban J connectivity index is 2.13. The van der Waals surface area contributed by atoms with Crippen LogP contribution in [0.5, 0.6) is 0 Å². The number of carbonyl (C=O) groups is 2. The highest BCUT2D eigenvalue weighted by Crippen LogP contribution is 2.28. The van der Waals surface area contributed by atoms with Crippen LogP contribution in [0, 0.1) is 0 Å². The fourth-order valence-corrected chi connectivity index (χ4v) is 2.83. The molecule has 108 valence electrons. The lowest BCUT2D eigenvalue weighted by Gasteiger charge is -2.35. The minimum Gasteiger partial charge on any atom is -0.478 e. The van der Waals surface area contributed by atoms with Crippen LogP contribution < -0.4 is 0 Å². The maximum absolute atomic E-state index is 12.7. The smallest absolute Gasteiger partial charge is 0.336 e. The molecular weight excluding hydrogens is 266 g/mol. The minimum atomic E-state index is -1.01. The first-order chi connectivity index (χ1) is 10.1. The Morgan fingerprint density at radius 1 is 1.10 bits per heavy atom. The van der Waals surface area contributed by atoms with E-state index in [1.807, 2.05) is 12.1 Å². The topological polar surface area (TPSA) is 57.6 Å². The maximum Gasteiger partial charge on any atom is 0.336 e. The van der Waals surface area contributed by atoms with Crippen molar-refractivity contribution in [2.24, 2.45) is 0 Å². The van der Waals surface area contributed by atoms with Crippen LogP contribution >= 0.6 is 0 Å². The van der Waals surface area contributed by atoms with E-state index in [1.165, 1.54) is 0 Å². The molecule has 0 saturated heterocycles. The third-order valence-electron chi connectivity index (χ3n) is 4.31. The van der Waals surface area contributed by atoms with Gasteiger partial charge < -0.3 is 10.0 Å². The molecule has 3 rings (SSSR count). The SMILES string of the molecule is CN(C(=O)c1cccc2cccc(C(=O)O)c12)C1CCC1. The lowest BCUT2D eigenvalue weighted by Crippen LogP contribution is -2.41. The summed E-state index contributed by atoms with van der Waals surface area (Å²) in [5.74, 6) is -1.11. The zero-order chi connectivity index (χ0) is 15.0.